The Bertz CT molecular complexity index is 1170. The lowest BCUT2D eigenvalue weighted by Gasteiger charge is -2.28. The summed E-state index contributed by atoms with van der Waals surface area (Å²) in [5, 5.41) is 17.8. The minimum absolute atomic E-state index is 0.151. The van der Waals surface area contributed by atoms with Gasteiger partial charge in [0.1, 0.15) is 0 Å². The van der Waals surface area contributed by atoms with Crippen LogP contribution in [0.3, 0.4) is 0 Å². The van der Waals surface area contributed by atoms with E-state index in [-0.39, 0.29) is 11.5 Å². The molecule has 0 radical (unpaired) electrons. The zero-order valence-electron chi connectivity index (χ0n) is 16.3. The van der Waals surface area contributed by atoms with Crippen molar-refractivity contribution in [2.75, 3.05) is 18.9 Å². The van der Waals surface area contributed by atoms with Crippen LogP contribution < -0.4 is 10.5 Å². The maximum Gasteiger partial charge on any atom is 0.240 e. The lowest BCUT2D eigenvalue weighted by atomic mass is 9.94. The van der Waals surface area contributed by atoms with E-state index in [0.29, 0.717) is 18.8 Å². The molecule has 0 saturated carbocycles. The van der Waals surface area contributed by atoms with Crippen LogP contribution in [0.5, 0.6) is 0 Å². The van der Waals surface area contributed by atoms with Crippen LogP contribution >= 0.6 is 0 Å². The third-order valence-corrected chi connectivity index (χ3v) is 6.93. The fraction of sp³-hybridized carbons (Fsp3) is 0.350. The van der Waals surface area contributed by atoms with Crippen LogP contribution in [-0.2, 0) is 14.8 Å². The SMILES string of the molecule is Cc1cc(S(=O)(=O)N[C@@H]2COCC[C@H]2O)ccc1-c1ccc2[nH]nc(N)c2c1C. The highest BCUT2D eigenvalue weighted by atomic mass is 32.2. The highest BCUT2D eigenvalue weighted by Crippen LogP contribution is 2.34. The van der Waals surface area contributed by atoms with Gasteiger partial charge < -0.3 is 15.6 Å². The predicted molar refractivity (Wildman–Crippen MR) is 111 cm³/mol. The largest absolute Gasteiger partial charge is 0.391 e. The van der Waals surface area contributed by atoms with E-state index in [1.54, 1.807) is 18.2 Å². The number of sulfonamides is 1. The number of anilines is 1. The van der Waals surface area contributed by atoms with Gasteiger partial charge in [-0.1, -0.05) is 12.1 Å². The monoisotopic (exact) mass is 416 g/mol. The molecule has 0 bridgehead atoms. The van der Waals surface area contributed by atoms with Gasteiger partial charge in [-0.2, -0.15) is 5.10 Å². The van der Waals surface area contributed by atoms with E-state index in [4.69, 9.17) is 10.5 Å². The number of aromatic nitrogens is 2. The number of aryl methyl sites for hydroxylation is 2. The van der Waals surface area contributed by atoms with Crippen LogP contribution in [0.25, 0.3) is 22.0 Å². The number of H-pyrrole nitrogens is 1. The Morgan fingerprint density at radius 1 is 1.24 bits per heavy atom. The molecule has 1 aromatic heterocycles. The van der Waals surface area contributed by atoms with Crippen molar-refractivity contribution in [3.8, 4) is 11.1 Å². The fourth-order valence-electron chi connectivity index (χ4n) is 3.82. The van der Waals surface area contributed by atoms with Gasteiger partial charge >= 0.3 is 0 Å². The van der Waals surface area contributed by atoms with Crippen molar-refractivity contribution < 1.29 is 18.3 Å². The number of benzene rings is 2. The summed E-state index contributed by atoms with van der Waals surface area (Å²) in [6.45, 7) is 4.43. The zero-order valence-corrected chi connectivity index (χ0v) is 17.1. The first kappa shape index (κ1) is 19.8. The molecule has 9 heteroatoms. The topological polar surface area (TPSA) is 130 Å². The Kier molecular flexibility index (Phi) is 5.07. The molecule has 3 aromatic rings. The zero-order chi connectivity index (χ0) is 20.8. The van der Waals surface area contributed by atoms with E-state index < -0.39 is 22.2 Å². The van der Waals surface area contributed by atoms with E-state index in [1.165, 1.54) is 0 Å². The van der Waals surface area contributed by atoms with Gasteiger partial charge in [-0.3, -0.25) is 5.10 Å². The number of nitrogens with two attached hydrogens (primary N) is 1. The van der Waals surface area contributed by atoms with Crippen molar-refractivity contribution in [3.63, 3.8) is 0 Å². The maximum absolute atomic E-state index is 12.8. The van der Waals surface area contributed by atoms with E-state index in [1.807, 2.05) is 26.0 Å². The molecule has 29 heavy (non-hydrogen) atoms. The first-order valence-electron chi connectivity index (χ1n) is 9.40. The summed E-state index contributed by atoms with van der Waals surface area (Å²) < 4.78 is 33.4. The summed E-state index contributed by atoms with van der Waals surface area (Å²) in [6, 6.07) is 8.24. The number of nitrogens with one attached hydrogen (secondary N) is 2. The summed E-state index contributed by atoms with van der Waals surface area (Å²) in [5.41, 5.74) is 10.5. The number of aromatic amines is 1. The third-order valence-electron chi connectivity index (χ3n) is 5.44. The Morgan fingerprint density at radius 3 is 2.72 bits per heavy atom. The number of hydrogen-bond acceptors (Lipinski definition) is 6. The van der Waals surface area contributed by atoms with Crippen molar-refractivity contribution in [1.82, 2.24) is 14.9 Å². The number of fused-ring (bicyclic) bond motifs is 1. The van der Waals surface area contributed by atoms with Gasteiger partial charge in [0.25, 0.3) is 0 Å². The van der Waals surface area contributed by atoms with Crippen LogP contribution in [0.15, 0.2) is 35.2 Å². The minimum Gasteiger partial charge on any atom is -0.391 e. The third kappa shape index (κ3) is 3.62. The summed E-state index contributed by atoms with van der Waals surface area (Å²) in [5.74, 6) is 0.439. The molecule has 5 N–H and O–H groups in total. The van der Waals surface area contributed by atoms with Crippen LogP contribution in [0.1, 0.15) is 17.5 Å². The molecule has 1 aliphatic rings. The number of ether oxygens (including phenoxy) is 1. The molecule has 0 spiro atoms. The van der Waals surface area contributed by atoms with Gasteiger partial charge in [-0.25, -0.2) is 13.1 Å². The quantitative estimate of drug-likeness (QED) is 0.514. The molecule has 154 valence electrons. The highest BCUT2D eigenvalue weighted by molar-refractivity contribution is 7.89. The molecular formula is C20H24N4O4S. The molecule has 0 unspecified atom stereocenters. The molecule has 2 aromatic carbocycles. The number of hydrogen-bond donors (Lipinski definition) is 4. The molecule has 4 rings (SSSR count). The van der Waals surface area contributed by atoms with Gasteiger partial charge in [0.2, 0.25) is 10.0 Å². The van der Waals surface area contributed by atoms with Crippen molar-refractivity contribution in [2.24, 2.45) is 0 Å². The summed E-state index contributed by atoms with van der Waals surface area (Å²) in [6.07, 6.45) is -0.349. The van der Waals surface area contributed by atoms with Gasteiger partial charge in [0, 0.05) is 12.0 Å². The predicted octanol–water partition coefficient (Wildman–Crippen LogP) is 1.86. The van der Waals surface area contributed by atoms with Crippen molar-refractivity contribution >= 4 is 26.7 Å². The number of rotatable bonds is 4. The van der Waals surface area contributed by atoms with Gasteiger partial charge in [0.05, 0.1) is 29.2 Å². The highest BCUT2D eigenvalue weighted by Gasteiger charge is 2.29. The molecule has 1 saturated heterocycles. The molecule has 2 atom stereocenters. The Hall–Kier alpha value is -2.46. The average molecular weight is 417 g/mol. The standard InChI is InChI=1S/C20H24N4O4S/c1-11-9-13(29(26,27)24-17-10-28-8-7-18(17)25)3-4-14(11)15-5-6-16-19(12(15)2)20(21)23-22-16/h3-6,9,17-18,24-25H,7-8,10H2,1-2H3,(H3,21,22,23)/t17-,18-/m1/s1. The second kappa shape index (κ2) is 7.42. The minimum atomic E-state index is -3.78. The van der Waals surface area contributed by atoms with Gasteiger partial charge in [0.15, 0.2) is 5.82 Å². The van der Waals surface area contributed by atoms with Gasteiger partial charge in [-0.15, -0.1) is 0 Å². The lowest BCUT2D eigenvalue weighted by molar-refractivity contribution is -0.00841. The second-order valence-electron chi connectivity index (χ2n) is 7.40. The molecule has 8 nitrogen and oxygen atoms in total. The molecule has 1 aliphatic heterocycles. The van der Waals surface area contributed by atoms with Crippen LogP contribution in [0, 0.1) is 13.8 Å². The average Bonchev–Trinajstić information content (AvgIpc) is 3.06. The summed E-state index contributed by atoms with van der Waals surface area (Å²) >= 11 is 0. The Morgan fingerprint density at radius 2 is 2.00 bits per heavy atom. The molecule has 1 fully saturated rings. The Balaban J connectivity index is 1.68. The van der Waals surface area contributed by atoms with E-state index in [9.17, 15) is 13.5 Å². The summed E-state index contributed by atoms with van der Waals surface area (Å²) in [4.78, 5) is 0.151. The van der Waals surface area contributed by atoms with Crippen LogP contribution in [0.4, 0.5) is 5.82 Å². The van der Waals surface area contributed by atoms with Crippen molar-refractivity contribution in [2.45, 2.75) is 37.3 Å². The van der Waals surface area contributed by atoms with E-state index >= 15 is 0 Å². The van der Waals surface area contributed by atoms with Crippen molar-refractivity contribution in [1.29, 1.82) is 0 Å². The summed E-state index contributed by atoms with van der Waals surface area (Å²) in [7, 11) is -3.78. The van der Waals surface area contributed by atoms with Crippen molar-refractivity contribution in [3.05, 3.63) is 41.5 Å². The fourth-order valence-corrected chi connectivity index (χ4v) is 5.15. The number of aliphatic hydroxyl groups is 1. The lowest BCUT2D eigenvalue weighted by Crippen LogP contribution is -2.49. The number of nitrogen functional groups attached to an aromatic ring is 1. The first-order valence-corrected chi connectivity index (χ1v) is 10.9. The molecule has 0 aliphatic carbocycles. The molecule has 2 heterocycles. The van der Waals surface area contributed by atoms with Crippen LogP contribution in [0.2, 0.25) is 0 Å². The van der Waals surface area contributed by atoms with Crippen LogP contribution in [-0.4, -0.2) is 49.1 Å². The smallest absolute Gasteiger partial charge is 0.240 e. The molecular weight excluding hydrogens is 392 g/mol. The molecule has 0 amide bonds. The number of aliphatic hydroxyl groups excluding tert-OH is 1. The van der Waals surface area contributed by atoms with Gasteiger partial charge in [-0.05, 0) is 60.7 Å². The first-order chi connectivity index (χ1) is 13.8. The number of nitrogens with zero attached hydrogens (tertiary/aromatic N) is 1. The Labute approximate surface area is 169 Å². The maximum atomic E-state index is 12.8. The van der Waals surface area contributed by atoms with E-state index in [0.717, 1.165) is 33.2 Å². The van der Waals surface area contributed by atoms with E-state index in [2.05, 4.69) is 14.9 Å². The second-order valence-corrected chi connectivity index (χ2v) is 9.12. The normalized spacial score (nSPS) is 20.2.